The number of amides is 1. The fourth-order valence-corrected chi connectivity index (χ4v) is 3.26. The van der Waals surface area contributed by atoms with E-state index in [2.05, 4.69) is 25.6 Å². The minimum absolute atomic E-state index is 0.222. The highest BCUT2D eigenvalue weighted by atomic mass is 32.1. The molecule has 0 unspecified atom stereocenters. The van der Waals surface area contributed by atoms with Gasteiger partial charge in [0.1, 0.15) is 18.1 Å². The molecular weight excluding hydrogens is 392 g/mol. The summed E-state index contributed by atoms with van der Waals surface area (Å²) in [5, 5.41) is 18.2. The molecule has 1 aromatic carbocycles. The summed E-state index contributed by atoms with van der Waals surface area (Å²) < 4.78 is 12.5. The van der Waals surface area contributed by atoms with Crippen molar-refractivity contribution in [2.24, 2.45) is 0 Å². The van der Waals surface area contributed by atoms with Crippen LogP contribution in [-0.2, 0) is 0 Å². The van der Waals surface area contributed by atoms with Crippen molar-refractivity contribution in [3.63, 3.8) is 0 Å². The summed E-state index contributed by atoms with van der Waals surface area (Å²) in [6, 6.07) is 11.0. The number of fused-ring (bicyclic) bond motifs is 1. The number of ether oxygens (including phenoxy) is 2. The standard InChI is InChI=1S/C19H18N6O3S/c1-12-21-15(11-29-12)19(26)20-8-9-28-17-7-6-16-22-23-18(25(16)24-17)13-4-3-5-14(10-13)27-2/h3-7,10-11H,8-9H2,1-2H3,(H,20,26). The van der Waals surface area contributed by atoms with E-state index in [-0.39, 0.29) is 12.5 Å². The largest absolute Gasteiger partial charge is 0.497 e. The molecule has 0 radical (unpaired) electrons. The van der Waals surface area contributed by atoms with Crippen molar-refractivity contribution in [2.45, 2.75) is 6.92 Å². The van der Waals surface area contributed by atoms with Gasteiger partial charge in [-0.3, -0.25) is 4.79 Å². The van der Waals surface area contributed by atoms with Gasteiger partial charge in [-0.05, 0) is 25.1 Å². The van der Waals surface area contributed by atoms with Crippen LogP contribution in [0.1, 0.15) is 15.5 Å². The van der Waals surface area contributed by atoms with Gasteiger partial charge in [0.2, 0.25) is 5.88 Å². The third kappa shape index (κ3) is 4.16. The maximum atomic E-state index is 12.0. The number of benzene rings is 1. The molecule has 1 N–H and O–H groups in total. The Kier molecular flexibility index (Phi) is 5.34. The van der Waals surface area contributed by atoms with E-state index in [1.807, 2.05) is 31.2 Å². The highest BCUT2D eigenvalue weighted by Crippen LogP contribution is 2.23. The first-order chi connectivity index (χ1) is 14.1. The molecule has 0 saturated heterocycles. The molecule has 3 heterocycles. The summed E-state index contributed by atoms with van der Waals surface area (Å²) in [7, 11) is 1.61. The molecule has 0 fully saturated rings. The maximum Gasteiger partial charge on any atom is 0.270 e. The predicted octanol–water partition coefficient (Wildman–Crippen LogP) is 2.37. The molecule has 0 saturated carbocycles. The predicted molar refractivity (Wildman–Crippen MR) is 107 cm³/mol. The van der Waals surface area contributed by atoms with Crippen LogP contribution in [0.5, 0.6) is 11.6 Å². The van der Waals surface area contributed by atoms with Gasteiger partial charge in [-0.1, -0.05) is 12.1 Å². The molecule has 3 aromatic heterocycles. The molecule has 0 spiro atoms. The molecule has 10 heteroatoms. The van der Waals surface area contributed by atoms with Crippen LogP contribution in [0.4, 0.5) is 0 Å². The van der Waals surface area contributed by atoms with Gasteiger partial charge in [0.15, 0.2) is 11.5 Å². The Hall–Kier alpha value is -3.53. The third-order valence-corrected chi connectivity index (χ3v) is 4.83. The lowest BCUT2D eigenvalue weighted by molar-refractivity contribution is 0.0942. The van der Waals surface area contributed by atoms with Crippen molar-refractivity contribution in [1.29, 1.82) is 0 Å². The minimum Gasteiger partial charge on any atom is -0.497 e. The average Bonchev–Trinajstić information content (AvgIpc) is 3.37. The zero-order valence-corrected chi connectivity index (χ0v) is 16.6. The van der Waals surface area contributed by atoms with E-state index < -0.39 is 0 Å². The van der Waals surface area contributed by atoms with Gasteiger partial charge in [0, 0.05) is 17.0 Å². The first-order valence-corrected chi connectivity index (χ1v) is 9.72. The molecule has 0 aliphatic heterocycles. The van der Waals surface area contributed by atoms with Gasteiger partial charge in [-0.15, -0.1) is 26.6 Å². The Morgan fingerprint density at radius 1 is 1.24 bits per heavy atom. The SMILES string of the molecule is COc1cccc(-c2nnc3ccc(OCCNC(=O)c4csc(C)n4)nn23)c1. The van der Waals surface area contributed by atoms with Crippen molar-refractivity contribution in [2.75, 3.05) is 20.3 Å². The zero-order valence-electron chi connectivity index (χ0n) is 15.8. The highest BCUT2D eigenvalue weighted by molar-refractivity contribution is 7.09. The molecule has 0 bridgehead atoms. The van der Waals surface area contributed by atoms with Crippen LogP contribution in [0.3, 0.4) is 0 Å². The minimum atomic E-state index is -0.222. The molecule has 4 rings (SSSR count). The molecule has 0 aliphatic rings. The first kappa shape index (κ1) is 18.8. The Bertz CT molecular complexity index is 1160. The fourth-order valence-electron chi connectivity index (χ4n) is 2.67. The summed E-state index contributed by atoms with van der Waals surface area (Å²) in [4.78, 5) is 16.1. The summed E-state index contributed by atoms with van der Waals surface area (Å²) in [6.45, 7) is 2.46. The van der Waals surface area contributed by atoms with Gasteiger partial charge in [-0.25, -0.2) is 4.98 Å². The number of carbonyl (C=O) groups excluding carboxylic acids is 1. The van der Waals surface area contributed by atoms with E-state index in [9.17, 15) is 4.79 Å². The van der Waals surface area contributed by atoms with Crippen LogP contribution >= 0.6 is 11.3 Å². The number of nitrogens with zero attached hydrogens (tertiary/aromatic N) is 5. The van der Waals surface area contributed by atoms with Crippen LogP contribution < -0.4 is 14.8 Å². The monoisotopic (exact) mass is 410 g/mol. The van der Waals surface area contributed by atoms with Gasteiger partial charge < -0.3 is 14.8 Å². The van der Waals surface area contributed by atoms with Gasteiger partial charge in [0.25, 0.3) is 5.91 Å². The normalized spacial score (nSPS) is 10.8. The van der Waals surface area contributed by atoms with Crippen LogP contribution in [-0.4, -0.2) is 51.0 Å². The van der Waals surface area contributed by atoms with E-state index in [0.29, 0.717) is 29.6 Å². The van der Waals surface area contributed by atoms with Crippen LogP contribution in [0.2, 0.25) is 0 Å². The highest BCUT2D eigenvalue weighted by Gasteiger charge is 2.12. The second-order valence-electron chi connectivity index (χ2n) is 6.05. The fraction of sp³-hybridized carbons (Fsp3) is 0.211. The Balaban J connectivity index is 1.42. The van der Waals surface area contributed by atoms with Crippen molar-refractivity contribution in [3.8, 4) is 23.0 Å². The lowest BCUT2D eigenvalue weighted by Crippen LogP contribution is -2.28. The number of carbonyl (C=O) groups is 1. The van der Waals surface area contributed by atoms with Crippen molar-refractivity contribution in [1.82, 2.24) is 30.1 Å². The van der Waals surface area contributed by atoms with Gasteiger partial charge in [-0.2, -0.15) is 4.52 Å². The van der Waals surface area contributed by atoms with Gasteiger partial charge in [0.05, 0.1) is 18.7 Å². The second kappa shape index (κ2) is 8.23. The molecule has 0 atom stereocenters. The summed E-state index contributed by atoms with van der Waals surface area (Å²) in [6.07, 6.45) is 0. The molecule has 1 amide bonds. The van der Waals surface area contributed by atoms with E-state index in [1.54, 1.807) is 29.1 Å². The lowest BCUT2D eigenvalue weighted by atomic mass is 10.2. The topological polar surface area (TPSA) is 104 Å². The van der Waals surface area contributed by atoms with Crippen molar-refractivity contribution in [3.05, 3.63) is 52.5 Å². The Morgan fingerprint density at radius 3 is 2.93 bits per heavy atom. The Morgan fingerprint density at radius 2 is 2.14 bits per heavy atom. The second-order valence-corrected chi connectivity index (χ2v) is 7.12. The number of methoxy groups -OCH3 is 1. The van der Waals surface area contributed by atoms with E-state index in [1.165, 1.54) is 11.3 Å². The van der Waals surface area contributed by atoms with E-state index >= 15 is 0 Å². The van der Waals surface area contributed by atoms with Crippen LogP contribution in [0.25, 0.3) is 17.0 Å². The third-order valence-electron chi connectivity index (χ3n) is 4.06. The van der Waals surface area contributed by atoms with Crippen molar-refractivity contribution >= 4 is 22.9 Å². The number of aromatic nitrogens is 5. The summed E-state index contributed by atoms with van der Waals surface area (Å²) in [5.41, 5.74) is 1.84. The number of aryl methyl sites for hydroxylation is 1. The number of thiazole rings is 1. The maximum absolute atomic E-state index is 12.0. The molecule has 4 aromatic rings. The average molecular weight is 410 g/mol. The number of hydrogen-bond acceptors (Lipinski definition) is 8. The van der Waals surface area contributed by atoms with Crippen LogP contribution in [0.15, 0.2) is 41.8 Å². The zero-order chi connectivity index (χ0) is 20.2. The van der Waals surface area contributed by atoms with Crippen molar-refractivity contribution < 1.29 is 14.3 Å². The molecule has 0 aliphatic carbocycles. The molecule has 9 nitrogen and oxygen atoms in total. The molecular formula is C19H18N6O3S. The summed E-state index contributed by atoms with van der Waals surface area (Å²) in [5.74, 6) is 1.48. The summed E-state index contributed by atoms with van der Waals surface area (Å²) >= 11 is 1.44. The lowest BCUT2D eigenvalue weighted by Gasteiger charge is -2.07. The molecule has 148 valence electrons. The number of hydrogen-bond donors (Lipinski definition) is 1. The number of nitrogens with one attached hydrogen (secondary N) is 1. The quantitative estimate of drug-likeness (QED) is 0.467. The first-order valence-electron chi connectivity index (χ1n) is 8.84. The van der Waals surface area contributed by atoms with Crippen LogP contribution in [0, 0.1) is 6.92 Å². The van der Waals surface area contributed by atoms with E-state index in [4.69, 9.17) is 9.47 Å². The van der Waals surface area contributed by atoms with E-state index in [0.717, 1.165) is 16.3 Å². The number of rotatable bonds is 7. The Labute approximate surface area is 170 Å². The van der Waals surface area contributed by atoms with Gasteiger partial charge >= 0.3 is 0 Å². The smallest absolute Gasteiger partial charge is 0.270 e. The molecule has 29 heavy (non-hydrogen) atoms.